The van der Waals surface area contributed by atoms with E-state index in [1.54, 1.807) is 26.9 Å². The minimum absolute atomic E-state index is 0.193. The van der Waals surface area contributed by atoms with Gasteiger partial charge in [-0.25, -0.2) is 4.98 Å². The largest absolute Gasteiger partial charge is 0.319 e. The first-order chi connectivity index (χ1) is 12.6. The second kappa shape index (κ2) is 6.38. The van der Waals surface area contributed by atoms with Crippen molar-refractivity contribution in [1.82, 2.24) is 24.5 Å². The van der Waals surface area contributed by atoms with Gasteiger partial charge in [0.05, 0.1) is 39.1 Å². The van der Waals surface area contributed by atoms with E-state index < -0.39 is 0 Å². The summed E-state index contributed by atoms with van der Waals surface area (Å²) in [5, 5.41) is 14.3. The zero-order chi connectivity index (χ0) is 18.3. The Morgan fingerprint density at radius 1 is 1.38 bits per heavy atom. The molecule has 0 saturated heterocycles. The zero-order valence-corrected chi connectivity index (χ0v) is 15.5. The van der Waals surface area contributed by atoms with Crippen LogP contribution in [0.1, 0.15) is 23.0 Å². The summed E-state index contributed by atoms with van der Waals surface area (Å²) in [4.78, 5) is 18.7. The van der Waals surface area contributed by atoms with Gasteiger partial charge in [-0.15, -0.1) is 11.3 Å². The summed E-state index contributed by atoms with van der Waals surface area (Å²) in [6.07, 6.45) is 3.46. The van der Waals surface area contributed by atoms with E-state index in [2.05, 4.69) is 15.5 Å². The number of nitrogens with one attached hydrogen (secondary N) is 1. The monoisotopic (exact) mass is 366 g/mol. The lowest BCUT2D eigenvalue weighted by molar-refractivity contribution is 0.102. The topological polar surface area (TPSA) is 77.6 Å². The predicted octanol–water partition coefficient (Wildman–Crippen LogP) is 3.47. The van der Waals surface area contributed by atoms with Gasteiger partial charge in [0.2, 0.25) is 0 Å². The lowest BCUT2D eigenvalue weighted by atomic mass is 10.1. The smallest absolute Gasteiger partial charge is 0.256 e. The van der Waals surface area contributed by atoms with Crippen LogP contribution in [0.15, 0.2) is 36.0 Å². The van der Waals surface area contributed by atoms with Crippen LogP contribution in [0.2, 0.25) is 0 Å². The van der Waals surface area contributed by atoms with Gasteiger partial charge in [-0.3, -0.25) is 14.2 Å². The number of aryl methyl sites for hydroxylation is 3. The summed E-state index contributed by atoms with van der Waals surface area (Å²) >= 11 is 1.59. The standard InChI is InChI=1S/C18H18N6OS/c1-4-24-10-12(9-19-24)20-18(25)13-8-14(15-6-5-7-26-15)21-17-16(13)11(2)22-23(17)3/h5-10H,4H2,1-3H3,(H,20,25). The highest BCUT2D eigenvalue weighted by Gasteiger charge is 2.20. The van der Waals surface area contributed by atoms with Crippen LogP contribution in [0.5, 0.6) is 0 Å². The van der Waals surface area contributed by atoms with Crippen LogP contribution in [-0.2, 0) is 13.6 Å². The second-order valence-electron chi connectivity index (χ2n) is 5.98. The Labute approximate surface area is 154 Å². The summed E-state index contributed by atoms with van der Waals surface area (Å²) in [5.41, 5.74) is 3.48. The Morgan fingerprint density at radius 2 is 2.23 bits per heavy atom. The van der Waals surface area contributed by atoms with E-state index in [0.717, 1.165) is 28.2 Å². The molecule has 1 amide bonds. The highest BCUT2D eigenvalue weighted by atomic mass is 32.1. The van der Waals surface area contributed by atoms with Crippen molar-refractivity contribution in [3.05, 3.63) is 47.2 Å². The van der Waals surface area contributed by atoms with Crippen LogP contribution in [0, 0.1) is 6.92 Å². The van der Waals surface area contributed by atoms with Gasteiger partial charge in [-0.1, -0.05) is 6.07 Å². The molecule has 26 heavy (non-hydrogen) atoms. The molecule has 0 unspecified atom stereocenters. The maximum absolute atomic E-state index is 13.0. The van der Waals surface area contributed by atoms with Gasteiger partial charge in [-0.05, 0) is 31.4 Å². The first-order valence-corrected chi connectivity index (χ1v) is 9.17. The summed E-state index contributed by atoms with van der Waals surface area (Å²) in [6.45, 7) is 4.64. The van der Waals surface area contributed by atoms with E-state index in [0.29, 0.717) is 16.9 Å². The normalized spacial score (nSPS) is 11.2. The first-order valence-electron chi connectivity index (χ1n) is 8.29. The Hall–Kier alpha value is -3.00. The van der Waals surface area contributed by atoms with E-state index in [9.17, 15) is 4.79 Å². The van der Waals surface area contributed by atoms with E-state index in [1.165, 1.54) is 0 Å². The van der Waals surface area contributed by atoms with Crippen LogP contribution in [-0.4, -0.2) is 30.5 Å². The van der Waals surface area contributed by atoms with E-state index in [1.807, 2.05) is 50.7 Å². The van der Waals surface area contributed by atoms with Crippen LogP contribution >= 0.6 is 11.3 Å². The Morgan fingerprint density at radius 3 is 2.92 bits per heavy atom. The molecule has 0 atom stereocenters. The van der Waals surface area contributed by atoms with Crippen LogP contribution < -0.4 is 5.32 Å². The fourth-order valence-corrected chi connectivity index (χ4v) is 3.66. The Kier molecular flexibility index (Phi) is 4.04. The quantitative estimate of drug-likeness (QED) is 0.600. The molecule has 0 radical (unpaired) electrons. The Bertz CT molecular complexity index is 1090. The fourth-order valence-electron chi connectivity index (χ4n) is 2.97. The number of aromatic nitrogens is 5. The molecule has 0 bridgehead atoms. The number of nitrogens with zero attached hydrogens (tertiary/aromatic N) is 5. The molecule has 4 rings (SSSR count). The number of fused-ring (bicyclic) bond motifs is 1. The van der Waals surface area contributed by atoms with Crippen molar-refractivity contribution >= 4 is 34.0 Å². The number of amides is 1. The molecular formula is C18H18N6OS. The van der Waals surface area contributed by atoms with Crippen molar-refractivity contribution in [3.8, 4) is 10.6 Å². The second-order valence-corrected chi connectivity index (χ2v) is 6.93. The molecule has 0 fully saturated rings. The van der Waals surface area contributed by atoms with Crippen molar-refractivity contribution < 1.29 is 4.79 Å². The number of hydrogen-bond donors (Lipinski definition) is 1. The lowest BCUT2D eigenvalue weighted by Crippen LogP contribution is -2.13. The maximum atomic E-state index is 13.0. The minimum Gasteiger partial charge on any atom is -0.319 e. The predicted molar refractivity (Wildman–Crippen MR) is 102 cm³/mol. The third-order valence-corrected chi connectivity index (χ3v) is 5.09. The van der Waals surface area contributed by atoms with Crippen molar-refractivity contribution in [3.63, 3.8) is 0 Å². The molecule has 0 aliphatic heterocycles. The third-order valence-electron chi connectivity index (χ3n) is 4.20. The van der Waals surface area contributed by atoms with Crippen molar-refractivity contribution in [2.75, 3.05) is 5.32 Å². The number of thiophene rings is 1. The summed E-state index contributed by atoms with van der Waals surface area (Å²) in [5.74, 6) is -0.193. The molecule has 4 aromatic rings. The van der Waals surface area contributed by atoms with E-state index in [-0.39, 0.29) is 5.91 Å². The Balaban J connectivity index is 1.82. The molecule has 132 valence electrons. The first kappa shape index (κ1) is 16.5. The number of pyridine rings is 1. The molecule has 0 aliphatic carbocycles. The van der Waals surface area contributed by atoms with Gasteiger partial charge in [0.1, 0.15) is 0 Å². The average molecular weight is 366 g/mol. The number of carbonyl (C=O) groups excluding carboxylic acids is 1. The van der Waals surface area contributed by atoms with Gasteiger partial charge in [0.15, 0.2) is 5.65 Å². The zero-order valence-electron chi connectivity index (χ0n) is 14.7. The summed E-state index contributed by atoms with van der Waals surface area (Å²) < 4.78 is 3.48. The van der Waals surface area contributed by atoms with Gasteiger partial charge in [0.25, 0.3) is 5.91 Å². The van der Waals surface area contributed by atoms with Crippen molar-refractivity contribution in [2.45, 2.75) is 20.4 Å². The number of anilines is 1. The molecule has 4 aromatic heterocycles. The lowest BCUT2D eigenvalue weighted by Gasteiger charge is -2.07. The highest BCUT2D eigenvalue weighted by molar-refractivity contribution is 7.13. The van der Waals surface area contributed by atoms with Crippen molar-refractivity contribution in [1.29, 1.82) is 0 Å². The molecule has 1 N–H and O–H groups in total. The fraction of sp³-hybridized carbons (Fsp3) is 0.222. The molecule has 0 saturated carbocycles. The SMILES string of the molecule is CCn1cc(NC(=O)c2cc(-c3cccs3)nc3c2c(C)nn3C)cn1. The van der Waals surface area contributed by atoms with E-state index in [4.69, 9.17) is 4.98 Å². The molecular weight excluding hydrogens is 348 g/mol. The average Bonchev–Trinajstić information content (AvgIpc) is 3.36. The highest BCUT2D eigenvalue weighted by Crippen LogP contribution is 2.29. The minimum atomic E-state index is -0.193. The van der Waals surface area contributed by atoms with Gasteiger partial charge in [-0.2, -0.15) is 10.2 Å². The van der Waals surface area contributed by atoms with Crippen molar-refractivity contribution in [2.24, 2.45) is 7.05 Å². The molecule has 8 heteroatoms. The van der Waals surface area contributed by atoms with Gasteiger partial charge in [0, 0.05) is 19.8 Å². The molecule has 0 spiro atoms. The van der Waals surface area contributed by atoms with Gasteiger partial charge >= 0.3 is 0 Å². The van der Waals surface area contributed by atoms with Crippen LogP contribution in [0.25, 0.3) is 21.6 Å². The summed E-state index contributed by atoms with van der Waals surface area (Å²) in [6, 6.07) is 5.80. The number of hydrogen-bond acceptors (Lipinski definition) is 5. The maximum Gasteiger partial charge on any atom is 0.256 e. The molecule has 7 nitrogen and oxygen atoms in total. The number of rotatable bonds is 4. The van der Waals surface area contributed by atoms with Crippen LogP contribution in [0.4, 0.5) is 5.69 Å². The van der Waals surface area contributed by atoms with Gasteiger partial charge < -0.3 is 5.32 Å². The third kappa shape index (κ3) is 2.78. The van der Waals surface area contributed by atoms with E-state index >= 15 is 0 Å². The summed E-state index contributed by atoms with van der Waals surface area (Å²) in [7, 11) is 1.84. The molecule has 0 aliphatic rings. The van der Waals surface area contributed by atoms with Crippen LogP contribution in [0.3, 0.4) is 0 Å². The molecule has 4 heterocycles. The number of carbonyl (C=O) groups is 1. The molecule has 0 aromatic carbocycles.